The molecule has 0 saturated carbocycles. The normalized spacial score (nSPS) is 17.5. The maximum atomic E-state index is 12.1. The summed E-state index contributed by atoms with van der Waals surface area (Å²) in [6.07, 6.45) is 3.78. The number of para-hydroxylation sites is 1. The highest BCUT2D eigenvalue weighted by molar-refractivity contribution is 6.07. The van der Waals surface area contributed by atoms with Crippen molar-refractivity contribution in [1.29, 1.82) is 0 Å². The van der Waals surface area contributed by atoms with E-state index in [4.69, 9.17) is 4.74 Å². The molecule has 1 atom stereocenters. The van der Waals surface area contributed by atoms with Crippen LogP contribution in [0.15, 0.2) is 30.5 Å². The van der Waals surface area contributed by atoms with Gasteiger partial charge in [-0.15, -0.1) is 0 Å². The first-order chi connectivity index (χ1) is 10.7. The van der Waals surface area contributed by atoms with Gasteiger partial charge in [-0.2, -0.15) is 0 Å². The molecule has 0 radical (unpaired) electrons. The lowest BCUT2D eigenvalue weighted by molar-refractivity contribution is -0.120. The van der Waals surface area contributed by atoms with Crippen LogP contribution < -0.4 is 10.6 Å². The number of hydrogen-bond acceptors (Lipinski definition) is 3. The number of amides is 2. The van der Waals surface area contributed by atoms with Gasteiger partial charge in [-0.3, -0.25) is 9.59 Å². The van der Waals surface area contributed by atoms with Gasteiger partial charge in [0.25, 0.3) is 5.91 Å². The van der Waals surface area contributed by atoms with Crippen LogP contribution in [-0.2, 0) is 9.53 Å². The number of rotatable bonds is 5. The molecular weight excluding hydrogens is 282 g/mol. The lowest BCUT2D eigenvalue weighted by Crippen LogP contribution is -2.39. The fourth-order valence-corrected chi connectivity index (χ4v) is 2.61. The van der Waals surface area contributed by atoms with Crippen molar-refractivity contribution in [2.24, 2.45) is 0 Å². The summed E-state index contributed by atoms with van der Waals surface area (Å²) in [5, 5.41) is 6.26. The maximum Gasteiger partial charge on any atom is 0.253 e. The molecule has 1 aromatic carbocycles. The average molecular weight is 301 g/mol. The summed E-state index contributed by atoms with van der Waals surface area (Å²) in [5.74, 6) is -0.464. The van der Waals surface area contributed by atoms with Crippen LogP contribution in [0.5, 0.6) is 0 Å². The fraction of sp³-hybridized carbons (Fsp3) is 0.375. The number of aromatic nitrogens is 1. The standard InChI is InChI=1S/C16H19N3O3/c20-15(18-8-11-4-3-7-22-11)10-19-16(21)13-9-17-14-6-2-1-5-12(13)14/h1-2,5-6,9,11,17H,3-4,7-8,10H2,(H,18,20)(H,19,21). The van der Waals surface area contributed by atoms with Crippen LogP contribution in [0.2, 0.25) is 0 Å². The molecule has 2 aromatic rings. The molecule has 1 fully saturated rings. The first-order valence-electron chi connectivity index (χ1n) is 7.46. The van der Waals surface area contributed by atoms with Crippen LogP contribution in [0.3, 0.4) is 0 Å². The fourth-order valence-electron chi connectivity index (χ4n) is 2.61. The van der Waals surface area contributed by atoms with Crippen LogP contribution >= 0.6 is 0 Å². The number of carbonyl (C=O) groups excluding carboxylic acids is 2. The van der Waals surface area contributed by atoms with E-state index < -0.39 is 0 Å². The zero-order valence-electron chi connectivity index (χ0n) is 12.2. The van der Waals surface area contributed by atoms with E-state index in [0.29, 0.717) is 12.1 Å². The van der Waals surface area contributed by atoms with Gasteiger partial charge in [0.2, 0.25) is 5.91 Å². The summed E-state index contributed by atoms with van der Waals surface area (Å²) in [6.45, 7) is 1.23. The average Bonchev–Trinajstić information content (AvgIpc) is 3.19. The lowest BCUT2D eigenvalue weighted by Gasteiger charge is -2.11. The summed E-state index contributed by atoms with van der Waals surface area (Å²) in [6, 6.07) is 7.55. The third kappa shape index (κ3) is 3.28. The van der Waals surface area contributed by atoms with E-state index in [1.807, 2.05) is 24.3 Å². The number of aromatic amines is 1. The predicted octanol–water partition coefficient (Wildman–Crippen LogP) is 1.19. The number of ether oxygens (including phenoxy) is 1. The number of hydrogen-bond donors (Lipinski definition) is 3. The Hall–Kier alpha value is -2.34. The Kier molecular flexibility index (Phi) is 4.39. The van der Waals surface area contributed by atoms with Gasteiger partial charge in [0.15, 0.2) is 0 Å². The van der Waals surface area contributed by atoms with Gasteiger partial charge in [-0.1, -0.05) is 18.2 Å². The number of carbonyl (C=O) groups is 2. The first kappa shape index (κ1) is 14.6. The van der Waals surface area contributed by atoms with Crippen molar-refractivity contribution in [2.45, 2.75) is 18.9 Å². The second kappa shape index (κ2) is 6.62. The Labute approximate surface area is 128 Å². The minimum absolute atomic E-state index is 0.0366. The summed E-state index contributed by atoms with van der Waals surface area (Å²) in [7, 11) is 0. The van der Waals surface area contributed by atoms with Crippen molar-refractivity contribution in [3.63, 3.8) is 0 Å². The van der Waals surface area contributed by atoms with Crippen molar-refractivity contribution in [1.82, 2.24) is 15.6 Å². The third-order valence-corrected chi connectivity index (χ3v) is 3.79. The number of fused-ring (bicyclic) bond motifs is 1. The molecule has 1 saturated heterocycles. The molecular formula is C16H19N3O3. The minimum Gasteiger partial charge on any atom is -0.376 e. The number of benzene rings is 1. The molecule has 6 nitrogen and oxygen atoms in total. The maximum absolute atomic E-state index is 12.1. The van der Waals surface area contributed by atoms with Crippen molar-refractivity contribution in [2.75, 3.05) is 19.7 Å². The lowest BCUT2D eigenvalue weighted by atomic mass is 10.1. The minimum atomic E-state index is -0.260. The summed E-state index contributed by atoms with van der Waals surface area (Å²) >= 11 is 0. The first-order valence-corrected chi connectivity index (χ1v) is 7.46. The van der Waals surface area contributed by atoms with E-state index in [-0.39, 0.29) is 24.5 Å². The molecule has 3 N–H and O–H groups in total. The molecule has 2 amide bonds. The molecule has 22 heavy (non-hydrogen) atoms. The Morgan fingerprint density at radius 1 is 1.27 bits per heavy atom. The second-order valence-corrected chi connectivity index (χ2v) is 5.37. The molecule has 1 unspecified atom stereocenters. The largest absolute Gasteiger partial charge is 0.376 e. The second-order valence-electron chi connectivity index (χ2n) is 5.37. The van der Waals surface area contributed by atoms with Crippen molar-refractivity contribution < 1.29 is 14.3 Å². The van der Waals surface area contributed by atoms with Gasteiger partial charge >= 0.3 is 0 Å². The van der Waals surface area contributed by atoms with Crippen molar-refractivity contribution in [3.05, 3.63) is 36.0 Å². The van der Waals surface area contributed by atoms with Gasteiger partial charge in [0.05, 0.1) is 18.2 Å². The van der Waals surface area contributed by atoms with Gasteiger partial charge in [-0.05, 0) is 18.9 Å². The highest BCUT2D eigenvalue weighted by Gasteiger charge is 2.17. The van der Waals surface area contributed by atoms with Gasteiger partial charge in [-0.25, -0.2) is 0 Å². The van der Waals surface area contributed by atoms with Gasteiger partial charge in [0, 0.05) is 30.3 Å². The van der Waals surface area contributed by atoms with Crippen LogP contribution in [0.1, 0.15) is 23.2 Å². The molecule has 2 heterocycles. The molecule has 1 aliphatic heterocycles. The Morgan fingerprint density at radius 2 is 2.14 bits per heavy atom. The Balaban J connectivity index is 1.50. The summed E-state index contributed by atoms with van der Waals surface area (Å²) < 4.78 is 5.43. The zero-order valence-corrected chi connectivity index (χ0v) is 12.2. The van der Waals surface area contributed by atoms with Crippen LogP contribution in [-0.4, -0.2) is 42.6 Å². The number of nitrogens with one attached hydrogen (secondary N) is 3. The van der Waals surface area contributed by atoms with Gasteiger partial charge in [0.1, 0.15) is 0 Å². The monoisotopic (exact) mass is 301 g/mol. The van der Waals surface area contributed by atoms with E-state index in [1.165, 1.54) is 0 Å². The van der Waals surface area contributed by atoms with Gasteiger partial charge < -0.3 is 20.4 Å². The molecule has 0 aliphatic carbocycles. The molecule has 0 spiro atoms. The quantitative estimate of drug-likeness (QED) is 0.776. The topological polar surface area (TPSA) is 83.2 Å². The number of H-pyrrole nitrogens is 1. The smallest absolute Gasteiger partial charge is 0.253 e. The molecule has 116 valence electrons. The molecule has 6 heteroatoms. The zero-order chi connectivity index (χ0) is 15.4. The molecule has 1 aromatic heterocycles. The van der Waals surface area contributed by atoms with Crippen molar-refractivity contribution >= 4 is 22.7 Å². The van der Waals surface area contributed by atoms with Crippen LogP contribution in [0.4, 0.5) is 0 Å². The highest BCUT2D eigenvalue weighted by atomic mass is 16.5. The van der Waals surface area contributed by atoms with Crippen LogP contribution in [0.25, 0.3) is 10.9 Å². The predicted molar refractivity (Wildman–Crippen MR) is 82.6 cm³/mol. The molecule has 3 rings (SSSR count). The summed E-state index contributed by atoms with van der Waals surface area (Å²) in [5.41, 5.74) is 1.44. The Morgan fingerprint density at radius 3 is 2.95 bits per heavy atom. The van der Waals surface area contributed by atoms with E-state index in [0.717, 1.165) is 30.4 Å². The third-order valence-electron chi connectivity index (χ3n) is 3.79. The Bertz CT molecular complexity index is 674. The molecule has 1 aliphatic rings. The molecule has 0 bridgehead atoms. The van der Waals surface area contributed by atoms with Crippen LogP contribution in [0, 0.1) is 0 Å². The van der Waals surface area contributed by atoms with E-state index >= 15 is 0 Å². The summed E-state index contributed by atoms with van der Waals surface area (Å²) in [4.78, 5) is 26.9. The van der Waals surface area contributed by atoms with E-state index in [2.05, 4.69) is 15.6 Å². The van der Waals surface area contributed by atoms with Crippen molar-refractivity contribution in [3.8, 4) is 0 Å². The van der Waals surface area contributed by atoms with E-state index in [9.17, 15) is 9.59 Å². The highest BCUT2D eigenvalue weighted by Crippen LogP contribution is 2.17. The van der Waals surface area contributed by atoms with E-state index in [1.54, 1.807) is 6.20 Å². The SMILES string of the molecule is O=C(CNC(=O)c1c[nH]c2ccccc12)NCC1CCCO1.